The van der Waals surface area contributed by atoms with Crippen LogP contribution in [0, 0.1) is 0 Å². The number of hydrogen-bond donors (Lipinski definition) is 3. The average Bonchev–Trinajstić information content (AvgIpc) is 2.04. The smallest absolute Gasteiger partial charge is 0.322 e. The molecule has 0 aromatic heterocycles. The van der Waals surface area contributed by atoms with Crippen LogP contribution < -0.4 is 10.6 Å². The maximum absolute atomic E-state index is 11.0. The van der Waals surface area contributed by atoms with Crippen LogP contribution in [0.15, 0.2) is 0 Å². The zero-order valence-electron chi connectivity index (χ0n) is 6.38. The first-order valence-corrected chi connectivity index (χ1v) is 3.29. The standard InChI is InChI=1S/C6H8N2O4/c1-6(2-3(9)10)4(11)7-5(12)8-6/h2H2,1H3,(H,9,10)(H2,7,8,11,12)/i4-1. The van der Waals surface area contributed by atoms with Crippen molar-refractivity contribution in [3.63, 3.8) is 0 Å². The quantitative estimate of drug-likeness (QED) is 0.467. The first kappa shape index (κ1) is 8.51. The molecule has 0 aromatic carbocycles. The Balaban J connectivity index is 2.77. The molecule has 1 atom stereocenters. The summed E-state index contributed by atoms with van der Waals surface area (Å²) in [6, 6.07) is -0.649. The molecule has 1 aliphatic rings. The number of nitrogens with one attached hydrogen (secondary N) is 2. The molecule has 0 radical (unpaired) electrons. The monoisotopic (exact) mass is 171 g/mol. The van der Waals surface area contributed by atoms with Crippen molar-refractivity contribution in [3.8, 4) is 0 Å². The van der Waals surface area contributed by atoms with E-state index in [9.17, 15) is 14.4 Å². The Morgan fingerprint density at radius 3 is 2.50 bits per heavy atom. The number of carbonyl (C=O) groups excluding carboxylic acids is 2. The summed E-state index contributed by atoms with van der Waals surface area (Å²) in [5, 5.41) is 12.6. The normalized spacial score (nSPS) is 28.1. The number of carboxylic acids is 1. The van der Waals surface area contributed by atoms with Crippen LogP contribution in [0.2, 0.25) is 0 Å². The summed E-state index contributed by atoms with van der Waals surface area (Å²) in [5.74, 6) is -1.73. The molecular formula is C6H8N2O4. The van der Waals surface area contributed by atoms with Gasteiger partial charge in [0.05, 0.1) is 6.42 Å². The Kier molecular flexibility index (Phi) is 1.75. The minimum absolute atomic E-state index is 0.412. The number of amides is 3. The molecule has 6 nitrogen and oxygen atoms in total. The third kappa shape index (κ3) is 1.36. The highest BCUT2D eigenvalue weighted by molar-refractivity contribution is 6.08. The summed E-state index contributed by atoms with van der Waals surface area (Å²) >= 11 is 0. The van der Waals surface area contributed by atoms with Crippen LogP contribution in [0.1, 0.15) is 13.3 Å². The molecule has 0 aromatic rings. The van der Waals surface area contributed by atoms with Gasteiger partial charge in [0, 0.05) is 0 Å². The lowest BCUT2D eigenvalue weighted by molar-refractivity contribution is -0.141. The molecule has 66 valence electrons. The molecule has 3 amide bonds. The van der Waals surface area contributed by atoms with E-state index >= 15 is 0 Å². The van der Waals surface area contributed by atoms with Gasteiger partial charge in [0.2, 0.25) is 0 Å². The van der Waals surface area contributed by atoms with Gasteiger partial charge in [-0.15, -0.1) is 0 Å². The first-order chi connectivity index (χ1) is 5.44. The van der Waals surface area contributed by atoms with Crippen molar-refractivity contribution in [2.45, 2.75) is 18.9 Å². The van der Waals surface area contributed by atoms with E-state index < -0.39 is 29.9 Å². The zero-order valence-corrected chi connectivity index (χ0v) is 6.38. The van der Waals surface area contributed by atoms with Crippen LogP contribution in [0.3, 0.4) is 0 Å². The van der Waals surface area contributed by atoms with E-state index in [1.165, 1.54) is 6.92 Å². The van der Waals surface area contributed by atoms with E-state index in [0.29, 0.717) is 0 Å². The molecule has 0 spiro atoms. The van der Waals surface area contributed by atoms with Gasteiger partial charge in [0.1, 0.15) is 5.54 Å². The maximum Gasteiger partial charge on any atom is 0.322 e. The molecule has 3 N–H and O–H groups in total. The van der Waals surface area contributed by atoms with Crippen LogP contribution >= 0.6 is 0 Å². The molecule has 1 rings (SSSR count). The van der Waals surface area contributed by atoms with Gasteiger partial charge in [-0.3, -0.25) is 14.9 Å². The van der Waals surface area contributed by atoms with Crippen molar-refractivity contribution in [1.29, 1.82) is 0 Å². The third-order valence-electron chi connectivity index (χ3n) is 1.62. The van der Waals surface area contributed by atoms with Crippen molar-refractivity contribution in [3.05, 3.63) is 0 Å². The van der Waals surface area contributed by atoms with E-state index in [4.69, 9.17) is 5.11 Å². The Morgan fingerprint density at radius 1 is 1.58 bits per heavy atom. The van der Waals surface area contributed by atoms with Gasteiger partial charge in [-0.25, -0.2) is 4.79 Å². The van der Waals surface area contributed by atoms with Gasteiger partial charge in [-0.1, -0.05) is 0 Å². The number of carbonyl (C=O) groups is 3. The van der Waals surface area contributed by atoms with Gasteiger partial charge in [0.15, 0.2) is 0 Å². The minimum Gasteiger partial charge on any atom is -0.481 e. The second-order valence-electron chi connectivity index (χ2n) is 2.81. The Morgan fingerprint density at radius 2 is 2.17 bits per heavy atom. The fraction of sp³-hybridized carbons (Fsp3) is 0.500. The van der Waals surface area contributed by atoms with Crippen molar-refractivity contribution in [2.24, 2.45) is 0 Å². The second kappa shape index (κ2) is 2.47. The zero-order chi connectivity index (χ0) is 9.35. The minimum atomic E-state index is -1.30. The van der Waals surface area contributed by atoms with Gasteiger partial charge in [-0.05, 0) is 6.92 Å². The van der Waals surface area contributed by atoms with Gasteiger partial charge in [0.25, 0.3) is 5.91 Å². The highest BCUT2D eigenvalue weighted by Crippen LogP contribution is 2.13. The topological polar surface area (TPSA) is 95.5 Å². The molecule has 0 saturated carbocycles. The van der Waals surface area contributed by atoms with Gasteiger partial charge >= 0.3 is 12.0 Å². The third-order valence-corrected chi connectivity index (χ3v) is 1.62. The van der Waals surface area contributed by atoms with Crippen LogP contribution in [0.4, 0.5) is 4.79 Å². The number of hydrogen-bond acceptors (Lipinski definition) is 3. The molecule has 1 saturated heterocycles. The maximum atomic E-state index is 11.0. The van der Waals surface area contributed by atoms with E-state index in [1.54, 1.807) is 0 Å². The number of aliphatic carboxylic acids is 1. The van der Waals surface area contributed by atoms with Gasteiger partial charge < -0.3 is 10.4 Å². The van der Waals surface area contributed by atoms with E-state index in [-0.39, 0.29) is 0 Å². The second-order valence-corrected chi connectivity index (χ2v) is 2.81. The van der Waals surface area contributed by atoms with Crippen LogP contribution in [0.5, 0.6) is 0 Å². The summed E-state index contributed by atoms with van der Waals surface area (Å²) in [6.45, 7) is 1.36. The van der Waals surface area contributed by atoms with E-state index in [0.717, 1.165) is 0 Å². The lowest BCUT2D eigenvalue weighted by atomic mass is 9.74. The van der Waals surface area contributed by atoms with Crippen molar-refractivity contribution >= 4 is 17.9 Å². The van der Waals surface area contributed by atoms with E-state index in [2.05, 4.69) is 5.32 Å². The molecule has 1 unspecified atom stereocenters. The average molecular weight is 171 g/mol. The molecule has 12 heavy (non-hydrogen) atoms. The number of carboxylic acid groups (broad SMARTS) is 1. The molecule has 1 aliphatic heterocycles. The fourth-order valence-corrected chi connectivity index (χ4v) is 1.01. The predicted octanol–water partition coefficient (Wildman–Crippen LogP) is -0.941. The van der Waals surface area contributed by atoms with Crippen LogP contribution in [0.25, 0.3) is 0 Å². The molecule has 0 bridgehead atoms. The molecule has 1 heterocycles. The molecule has 1 fully saturated rings. The summed E-state index contributed by atoms with van der Waals surface area (Å²) in [7, 11) is 0. The van der Waals surface area contributed by atoms with E-state index in [1.807, 2.05) is 5.32 Å². The first-order valence-electron chi connectivity index (χ1n) is 3.29. The van der Waals surface area contributed by atoms with Gasteiger partial charge in [-0.2, -0.15) is 0 Å². The largest absolute Gasteiger partial charge is 0.481 e. The number of urea groups is 1. The van der Waals surface area contributed by atoms with Crippen molar-refractivity contribution in [2.75, 3.05) is 0 Å². The van der Waals surface area contributed by atoms with Crippen LogP contribution in [-0.2, 0) is 9.59 Å². The van der Waals surface area contributed by atoms with Crippen molar-refractivity contribution in [1.82, 2.24) is 10.6 Å². The highest BCUT2D eigenvalue weighted by Gasteiger charge is 2.43. The number of imide groups is 1. The summed E-state index contributed by atoms with van der Waals surface area (Å²) in [4.78, 5) is 31.9. The Bertz CT molecular complexity index is 262. The summed E-state index contributed by atoms with van der Waals surface area (Å²) < 4.78 is 0. The number of rotatable bonds is 2. The SMILES string of the molecule is CC1(CC(=O)O)NC(=O)N[11C]1=O. The Hall–Kier alpha value is -1.59. The molecular weight excluding hydrogens is 163 g/mol. The summed E-state index contributed by atoms with van der Waals surface area (Å²) in [6.07, 6.45) is -0.412. The lowest BCUT2D eigenvalue weighted by Crippen LogP contribution is -2.45. The summed E-state index contributed by atoms with van der Waals surface area (Å²) in [5.41, 5.74) is -1.30. The lowest BCUT2D eigenvalue weighted by Gasteiger charge is -2.16. The van der Waals surface area contributed by atoms with Crippen LogP contribution in [-0.4, -0.2) is 28.6 Å². The van der Waals surface area contributed by atoms with Crippen molar-refractivity contribution < 1.29 is 19.5 Å². The Labute approximate surface area is 67.9 Å². The fourth-order valence-electron chi connectivity index (χ4n) is 1.01. The predicted molar refractivity (Wildman–Crippen MR) is 37.3 cm³/mol. The molecule has 6 heteroatoms. The highest BCUT2D eigenvalue weighted by atomic mass is 16.4. The molecule has 0 aliphatic carbocycles.